The van der Waals surface area contributed by atoms with E-state index >= 15 is 0 Å². The zero-order chi connectivity index (χ0) is 39.7. The topological polar surface area (TPSA) is 3.24 Å². The molecule has 0 saturated carbocycles. The van der Waals surface area contributed by atoms with E-state index in [1.807, 2.05) is 0 Å². The maximum atomic E-state index is 2.45. The first kappa shape index (κ1) is 33.5. The summed E-state index contributed by atoms with van der Waals surface area (Å²) in [6.07, 6.45) is 0. The van der Waals surface area contributed by atoms with Crippen LogP contribution < -0.4 is 4.90 Å². The van der Waals surface area contributed by atoms with Gasteiger partial charge in [0.1, 0.15) is 0 Å². The number of benzene rings is 12. The van der Waals surface area contributed by atoms with Gasteiger partial charge in [-0.3, -0.25) is 0 Å². The molecule has 0 spiro atoms. The van der Waals surface area contributed by atoms with E-state index < -0.39 is 0 Å². The Morgan fingerprint density at radius 3 is 1.53 bits per heavy atom. The zero-order valence-electron chi connectivity index (χ0n) is 33.5. The van der Waals surface area contributed by atoms with E-state index in [1.54, 1.807) is 0 Å². The van der Waals surface area contributed by atoms with Gasteiger partial charge >= 0.3 is 0 Å². The molecule has 1 aliphatic carbocycles. The summed E-state index contributed by atoms with van der Waals surface area (Å²) >= 11 is 0. The fraction of sp³-hybridized carbons (Fsp3) is 0.0508. The van der Waals surface area contributed by atoms with Gasteiger partial charge in [-0.1, -0.05) is 166 Å². The quantitative estimate of drug-likeness (QED) is 0.158. The standard InChI is InChI=1S/C59H39N/c1-59(2)53-14-7-6-13-50(53)51-30-27-47(35-54(51)59)60(46-25-21-37(22-26-46)36-9-4-3-5-10-36)48-33-43-19-17-41-31-45(32-42-18-20-44(34-48)57(43)56(41)42)49-28-23-40-16-15-38-11-8-12-39-24-29-52(49)58(40)55(38)39/h3-35H,1-2H3. The van der Waals surface area contributed by atoms with E-state index in [0.29, 0.717) is 0 Å². The van der Waals surface area contributed by atoms with Crippen molar-refractivity contribution in [3.63, 3.8) is 0 Å². The number of anilines is 3. The van der Waals surface area contributed by atoms with Gasteiger partial charge in [-0.25, -0.2) is 0 Å². The lowest BCUT2D eigenvalue weighted by Gasteiger charge is -2.29. The van der Waals surface area contributed by atoms with Crippen LogP contribution >= 0.6 is 0 Å². The Hall–Kier alpha value is -7.48. The van der Waals surface area contributed by atoms with E-state index in [-0.39, 0.29) is 5.41 Å². The molecule has 0 heterocycles. The smallest absolute Gasteiger partial charge is 0.0473 e. The van der Waals surface area contributed by atoms with Crippen LogP contribution in [-0.2, 0) is 5.41 Å². The third-order valence-corrected chi connectivity index (χ3v) is 13.7. The van der Waals surface area contributed by atoms with Crippen LogP contribution in [0.3, 0.4) is 0 Å². The van der Waals surface area contributed by atoms with Crippen molar-refractivity contribution in [1.29, 1.82) is 0 Å². The lowest BCUT2D eigenvalue weighted by molar-refractivity contribution is 0.660. The van der Waals surface area contributed by atoms with Crippen molar-refractivity contribution in [2.75, 3.05) is 4.90 Å². The Morgan fingerprint density at radius 2 is 0.817 bits per heavy atom. The van der Waals surface area contributed by atoms with Crippen LogP contribution in [0.1, 0.15) is 25.0 Å². The Morgan fingerprint density at radius 1 is 0.300 bits per heavy atom. The van der Waals surface area contributed by atoms with Gasteiger partial charge in [-0.2, -0.15) is 0 Å². The Bertz CT molecular complexity index is 3590. The summed E-state index contributed by atoms with van der Waals surface area (Å²) in [7, 11) is 0. The average Bonchev–Trinajstić information content (AvgIpc) is 3.53. The second-order valence-corrected chi connectivity index (χ2v) is 17.3. The minimum Gasteiger partial charge on any atom is -0.310 e. The number of nitrogens with zero attached hydrogens (tertiary/aromatic N) is 1. The number of hydrogen-bond acceptors (Lipinski definition) is 1. The summed E-state index contributed by atoms with van der Waals surface area (Å²) < 4.78 is 0. The van der Waals surface area contributed by atoms with Crippen molar-refractivity contribution in [2.24, 2.45) is 0 Å². The molecule has 1 nitrogen and oxygen atoms in total. The summed E-state index contributed by atoms with van der Waals surface area (Å²) in [5.74, 6) is 0. The number of fused-ring (bicyclic) bond motifs is 3. The van der Waals surface area contributed by atoms with Crippen LogP contribution in [0.4, 0.5) is 17.1 Å². The Kier molecular flexibility index (Phi) is 6.85. The minimum absolute atomic E-state index is 0.103. The maximum absolute atomic E-state index is 2.45. The van der Waals surface area contributed by atoms with Gasteiger partial charge < -0.3 is 4.90 Å². The Labute approximate surface area is 349 Å². The normalized spacial score (nSPS) is 13.3. The molecule has 0 N–H and O–H groups in total. The first-order valence-electron chi connectivity index (χ1n) is 21.1. The molecular formula is C59H39N. The fourth-order valence-electron chi connectivity index (χ4n) is 10.8. The number of hydrogen-bond donors (Lipinski definition) is 0. The maximum Gasteiger partial charge on any atom is 0.0473 e. The lowest BCUT2D eigenvalue weighted by Crippen LogP contribution is -2.16. The van der Waals surface area contributed by atoms with Gasteiger partial charge in [0.15, 0.2) is 0 Å². The van der Waals surface area contributed by atoms with Crippen LogP contribution in [0, 0.1) is 0 Å². The summed E-state index contributed by atoms with van der Waals surface area (Å²) in [5.41, 5.74) is 13.7. The third kappa shape index (κ3) is 4.75. The molecule has 0 aliphatic heterocycles. The van der Waals surface area contributed by atoms with E-state index in [2.05, 4.69) is 219 Å². The van der Waals surface area contributed by atoms with Crippen molar-refractivity contribution in [2.45, 2.75) is 19.3 Å². The van der Waals surface area contributed by atoms with Gasteiger partial charge in [-0.15, -0.1) is 0 Å². The molecule has 0 unspecified atom stereocenters. The molecule has 280 valence electrons. The number of rotatable bonds is 5. The minimum atomic E-state index is -0.103. The monoisotopic (exact) mass is 761 g/mol. The molecule has 0 radical (unpaired) electrons. The summed E-state index contributed by atoms with van der Waals surface area (Å²) in [6, 6.07) is 75.1. The highest BCUT2D eigenvalue weighted by Crippen LogP contribution is 2.51. The molecule has 0 bridgehead atoms. The van der Waals surface area contributed by atoms with Gasteiger partial charge in [-0.05, 0) is 158 Å². The zero-order valence-corrected chi connectivity index (χ0v) is 33.5. The summed E-state index contributed by atoms with van der Waals surface area (Å²) in [6.45, 7) is 4.73. The molecule has 1 aliphatic rings. The molecule has 12 aromatic rings. The van der Waals surface area contributed by atoms with E-state index in [4.69, 9.17) is 0 Å². The Balaban J connectivity index is 0.974. The molecule has 0 fully saturated rings. The molecule has 12 aromatic carbocycles. The van der Waals surface area contributed by atoms with Crippen LogP contribution in [0.15, 0.2) is 200 Å². The molecular weight excluding hydrogens is 723 g/mol. The third-order valence-electron chi connectivity index (χ3n) is 13.7. The van der Waals surface area contributed by atoms with Crippen molar-refractivity contribution in [3.8, 4) is 33.4 Å². The largest absolute Gasteiger partial charge is 0.310 e. The second-order valence-electron chi connectivity index (χ2n) is 17.3. The molecule has 60 heavy (non-hydrogen) atoms. The van der Waals surface area contributed by atoms with Crippen LogP contribution in [-0.4, -0.2) is 0 Å². The van der Waals surface area contributed by atoms with Gasteiger partial charge in [0.25, 0.3) is 0 Å². The van der Waals surface area contributed by atoms with Gasteiger partial charge in [0.05, 0.1) is 0 Å². The SMILES string of the molecule is CC1(C)c2ccccc2-c2ccc(N(c3ccc(-c4ccccc4)cc3)c3cc4ccc5cc(-c6ccc7ccc8cccc9ccc6c7c89)cc6ccc(c3)c4c56)cc21. The van der Waals surface area contributed by atoms with Crippen molar-refractivity contribution >= 4 is 81.7 Å². The van der Waals surface area contributed by atoms with Crippen LogP contribution in [0.5, 0.6) is 0 Å². The highest BCUT2D eigenvalue weighted by Gasteiger charge is 2.35. The van der Waals surface area contributed by atoms with E-state index in [0.717, 1.165) is 17.1 Å². The first-order valence-corrected chi connectivity index (χ1v) is 21.1. The van der Waals surface area contributed by atoms with Crippen LogP contribution in [0.25, 0.3) is 98.0 Å². The lowest BCUT2D eigenvalue weighted by atomic mass is 9.82. The molecule has 0 atom stereocenters. The van der Waals surface area contributed by atoms with Crippen molar-refractivity contribution in [3.05, 3.63) is 211 Å². The van der Waals surface area contributed by atoms with Crippen LogP contribution in [0.2, 0.25) is 0 Å². The molecule has 0 aromatic heterocycles. The van der Waals surface area contributed by atoms with Crippen molar-refractivity contribution < 1.29 is 0 Å². The second kappa shape index (κ2) is 12.3. The molecule has 0 saturated heterocycles. The van der Waals surface area contributed by atoms with Gasteiger partial charge in [0.2, 0.25) is 0 Å². The summed E-state index contributed by atoms with van der Waals surface area (Å²) in [5, 5.41) is 15.6. The highest BCUT2D eigenvalue weighted by atomic mass is 15.1. The predicted octanol–water partition coefficient (Wildman–Crippen LogP) is 16.6. The van der Waals surface area contributed by atoms with Gasteiger partial charge in [0, 0.05) is 22.5 Å². The van der Waals surface area contributed by atoms with E-state index in [9.17, 15) is 0 Å². The highest BCUT2D eigenvalue weighted by molar-refractivity contribution is 6.27. The average molecular weight is 762 g/mol. The molecule has 1 heteroatoms. The predicted molar refractivity (Wildman–Crippen MR) is 257 cm³/mol. The first-order chi connectivity index (χ1) is 29.5. The molecule has 0 amide bonds. The summed E-state index contributed by atoms with van der Waals surface area (Å²) in [4.78, 5) is 2.45. The molecule has 13 rings (SSSR count). The van der Waals surface area contributed by atoms with Crippen molar-refractivity contribution in [1.82, 2.24) is 0 Å². The van der Waals surface area contributed by atoms with E-state index in [1.165, 1.54) is 109 Å². The fourth-order valence-corrected chi connectivity index (χ4v) is 10.8.